The monoisotopic (exact) mass is 295 g/mol. The number of nitrogens with zero attached hydrogens (tertiary/aromatic N) is 3. The minimum Gasteiger partial charge on any atom is -0.387 e. The number of hydrogen-bond acceptors (Lipinski definition) is 5. The highest BCUT2D eigenvalue weighted by atomic mass is 32.2. The molecule has 0 unspecified atom stereocenters. The van der Waals surface area contributed by atoms with Crippen LogP contribution in [0.3, 0.4) is 0 Å². The van der Waals surface area contributed by atoms with Gasteiger partial charge in [-0.1, -0.05) is 12.1 Å². The topological polar surface area (TPSA) is 91.0 Å². The Labute approximate surface area is 118 Å². The molecule has 1 heterocycles. The van der Waals surface area contributed by atoms with Gasteiger partial charge in [-0.15, -0.1) is 0 Å². The molecule has 0 bridgehead atoms. The van der Waals surface area contributed by atoms with Crippen molar-refractivity contribution in [3.63, 3.8) is 0 Å². The maximum atomic E-state index is 12.5. The maximum absolute atomic E-state index is 12.5. The predicted molar refractivity (Wildman–Crippen MR) is 75.8 cm³/mol. The van der Waals surface area contributed by atoms with Crippen LogP contribution in [-0.2, 0) is 16.6 Å². The van der Waals surface area contributed by atoms with E-state index < -0.39 is 10.0 Å². The van der Waals surface area contributed by atoms with E-state index in [0.29, 0.717) is 17.3 Å². The summed E-state index contributed by atoms with van der Waals surface area (Å²) in [5.74, 6) is 1.09. The van der Waals surface area contributed by atoms with Crippen LogP contribution >= 0.6 is 0 Å². The second kappa shape index (κ2) is 5.59. The van der Waals surface area contributed by atoms with E-state index in [0.717, 1.165) is 0 Å². The van der Waals surface area contributed by atoms with Crippen LogP contribution in [0.15, 0.2) is 29.2 Å². The molecule has 2 N–H and O–H groups in total. The first kappa shape index (κ1) is 14.5. The highest BCUT2D eigenvalue weighted by Crippen LogP contribution is 2.23. The van der Waals surface area contributed by atoms with Crippen molar-refractivity contribution in [2.45, 2.75) is 18.4 Å². The van der Waals surface area contributed by atoms with Crippen molar-refractivity contribution < 1.29 is 8.42 Å². The molecule has 1 aromatic carbocycles. The Kier molecular flexibility index (Phi) is 4.05. The second-order valence-electron chi connectivity index (χ2n) is 4.34. The Bertz CT molecular complexity index is 695. The number of para-hydroxylation sites is 1. The van der Waals surface area contributed by atoms with Crippen LogP contribution < -0.4 is 5.32 Å². The molecule has 0 atom stereocenters. The minimum absolute atomic E-state index is 0.116. The van der Waals surface area contributed by atoms with Gasteiger partial charge in [-0.25, -0.2) is 13.4 Å². The molecule has 108 valence electrons. The maximum Gasteiger partial charge on any atom is 0.245 e. The third-order valence-corrected chi connectivity index (χ3v) is 4.71. The van der Waals surface area contributed by atoms with Gasteiger partial charge in [-0.2, -0.15) is 9.40 Å². The Hall–Kier alpha value is -1.93. The molecule has 7 nitrogen and oxygen atoms in total. The number of sulfonamides is 1. The van der Waals surface area contributed by atoms with Crippen molar-refractivity contribution >= 4 is 15.7 Å². The standard InChI is InChI=1S/C12H17N5O2S/c1-9-14-12(16-15-9)8-17(3)20(18,19)11-7-5-4-6-10(11)13-2/h4-7,13H,8H2,1-3H3,(H,14,15,16). The van der Waals surface area contributed by atoms with Crippen LogP contribution in [0.25, 0.3) is 0 Å². The first-order valence-corrected chi connectivity index (χ1v) is 7.50. The summed E-state index contributed by atoms with van der Waals surface area (Å²) < 4.78 is 26.3. The number of hydrogen-bond donors (Lipinski definition) is 2. The summed E-state index contributed by atoms with van der Waals surface area (Å²) in [6.07, 6.45) is 0. The average molecular weight is 295 g/mol. The number of aromatic nitrogens is 3. The Morgan fingerprint density at radius 3 is 2.65 bits per heavy atom. The van der Waals surface area contributed by atoms with Gasteiger partial charge >= 0.3 is 0 Å². The zero-order chi connectivity index (χ0) is 14.8. The van der Waals surface area contributed by atoms with Gasteiger partial charge in [0.15, 0.2) is 5.82 Å². The SMILES string of the molecule is CNc1ccccc1S(=O)(=O)N(C)Cc1n[nH]c(C)n1. The van der Waals surface area contributed by atoms with Crippen LogP contribution in [0, 0.1) is 6.92 Å². The molecule has 0 saturated heterocycles. The summed E-state index contributed by atoms with van der Waals surface area (Å²) in [7, 11) is -0.399. The molecule has 2 rings (SSSR count). The minimum atomic E-state index is -3.59. The fraction of sp³-hybridized carbons (Fsp3) is 0.333. The fourth-order valence-corrected chi connectivity index (χ4v) is 3.13. The molecule has 0 aliphatic carbocycles. The van der Waals surface area contributed by atoms with E-state index in [1.165, 1.54) is 11.4 Å². The Morgan fingerprint density at radius 2 is 2.05 bits per heavy atom. The normalized spacial score (nSPS) is 11.8. The Morgan fingerprint density at radius 1 is 1.35 bits per heavy atom. The summed E-state index contributed by atoms with van der Waals surface area (Å²) in [4.78, 5) is 4.35. The number of nitrogens with one attached hydrogen (secondary N) is 2. The first-order chi connectivity index (χ1) is 9.45. The average Bonchev–Trinajstić information content (AvgIpc) is 2.84. The third kappa shape index (κ3) is 2.81. The molecule has 0 fully saturated rings. The molecule has 1 aromatic heterocycles. The lowest BCUT2D eigenvalue weighted by Crippen LogP contribution is -2.27. The molecular weight excluding hydrogens is 278 g/mol. The second-order valence-corrected chi connectivity index (χ2v) is 6.36. The third-order valence-electron chi connectivity index (χ3n) is 2.85. The van der Waals surface area contributed by atoms with E-state index in [1.807, 2.05) is 0 Å². The molecule has 0 aliphatic heterocycles. The molecule has 0 aliphatic rings. The fourth-order valence-electron chi connectivity index (χ4n) is 1.81. The molecule has 0 radical (unpaired) electrons. The van der Waals surface area contributed by atoms with Crippen LogP contribution in [0.1, 0.15) is 11.6 Å². The van der Waals surface area contributed by atoms with Crippen LogP contribution in [0.2, 0.25) is 0 Å². The van der Waals surface area contributed by atoms with E-state index in [9.17, 15) is 8.42 Å². The van der Waals surface area contributed by atoms with Crippen LogP contribution in [0.4, 0.5) is 5.69 Å². The van der Waals surface area contributed by atoms with Gasteiger partial charge in [0.05, 0.1) is 12.2 Å². The number of rotatable bonds is 5. The zero-order valence-electron chi connectivity index (χ0n) is 11.6. The summed E-state index contributed by atoms with van der Waals surface area (Å²) in [5.41, 5.74) is 0.561. The molecule has 20 heavy (non-hydrogen) atoms. The van der Waals surface area contributed by atoms with E-state index in [-0.39, 0.29) is 11.4 Å². The molecule has 8 heteroatoms. The zero-order valence-corrected chi connectivity index (χ0v) is 12.4. The highest BCUT2D eigenvalue weighted by Gasteiger charge is 2.24. The molecule has 0 amide bonds. The van der Waals surface area contributed by atoms with Gasteiger partial charge in [0.2, 0.25) is 10.0 Å². The van der Waals surface area contributed by atoms with Gasteiger partial charge in [-0.05, 0) is 19.1 Å². The Balaban J connectivity index is 2.29. The van der Waals surface area contributed by atoms with Crippen molar-refractivity contribution in [1.82, 2.24) is 19.5 Å². The molecule has 2 aromatic rings. The lowest BCUT2D eigenvalue weighted by Gasteiger charge is -2.17. The van der Waals surface area contributed by atoms with Gasteiger partial charge < -0.3 is 5.32 Å². The quantitative estimate of drug-likeness (QED) is 0.858. The van der Waals surface area contributed by atoms with Crippen LogP contribution in [-0.4, -0.2) is 42.0 Å². The molecular formula is C12H17N5O2S. The smallest absolute Gasteiger partial charge is 0.245 e. The number of aromatic amines is 1. The summed E-state index contributed by atoms with van der Waals surface area (Å²) in [5, 5.41) is 9.52. The predicted octanol–water partition coefficient (Wildman–Crippen LogP) is 0.976. The number of aryl methyl sites for hydroxylation is 1. The molecule has 0 saturated carbocycles. The molecule has 0 spiro atoms. The number of H-pyrrole nitrogens is 1. The summed E-state index contributed by atoms with van der Waals surface area (Å²) in [6, 6.07) is 6.76. The van der Waals surface area contributed by atoms with E-state index in [4.69, 9.17) is 0 Å². The lowest BCUT2D eigenvalue weighted by atomic mass is 10.3. The number of benzene rings is 1. The first-order valence-electron chi connectivity index (χ1n) is 6.06. The van der Waals surface area contributed by atoms with Gasteiger partial charge in [0.25, 0.3) is 0 Å². The highest BCUT2D eigenvalue weighted by molar-refractivity contribution is 7.89. The van der Waals surface area contributed by atoms with E-state index in [2.05, 4.69) is 20.5 Å². The van der Waals surface area contributed by atoms with E-state index >= 15 is 0 Å². The van der Waals surface area contributed by atoms with Gasteiger partial charge in [0, 0.05) is 14.1 Å². The summed E-state index contributed by atoms with van der Waals surface area (Å²) in [6.45, 7) is 1.88. The van der Waals surface area contributed by atoms with E-state index in [1.54, 1.807) is 38.2 Å². The number of anilines is 1. The lowest BCUT2D eigenvalue weighted by molar-refractivity contribution is 0.457. The van der Waals surface area contributed by atoms with Gasteiger partial charge in [0.1, 0.15) is 10.7 Å². The largest absolute Gasteiger partial charge is 0.387 e. The van der Waals surface area contributed by atoms with Crippen molar-refractivity contribution in [1.29, 1.82) is 0 Å². The van der Waals surface area contributed by atoms with Crippen molar-refractivity contribution in [2.75, 3.05) is 19.4 Å². The summed E-state index contributed by atoms with van der Waals surface area (Å²) >= 11 is 0. The van der Waals surface area contributed by atoms with Crippen LogP contribution in [0.5, 0.6) is 0 Å². The van der Waals surface area contributed by atoms with Gasteiger partial charge in [-0.3, -0.25) is 5.10 Å². The van der Waals surface area contributed by atoms with Crippen molar-refractivity contribution in [2.24, 2.45) is 0 Å². The van der Waals surface area contributed by atoms with Crippen molar-refractivity contribution in [3.05, 3.63) is 35.9 Å². The van der Waals surface area contributed by atoms with Crippen molar-refractivity contribution in [3.8, 4) is 0 Å².